The van der Waals surface area contributed by atoms with E-state index >= 15 is 0 Å². The number of rotatable bonds is 6. The Morgan fingerprint density at radius 1 is 0.943 bits per heavy atom. The van der Waals surface area contributed by atoms with Crippen molar-refractivity contribution in [2.75, 3.05) is 6.54 Å². The maximum absolute atomic E-state index is 13.5. The van der Waals surface area contributed by atoms with E-state index in [0.717, 1.165) is 27.7 Å². The molecule has 1 aliphatic heterocycles. The zero-order valence-corrected chi connectivity index (χ0v) is 21.8. The number of nitro groups is 1. The van der Waals surface area contributed by atoms with Crippen molar-refractivity contribution in [3.63, 3.8) is 0 Å². The number of amides is 3. The van der Waals surface area contributed by atoms with Crippen LogP contribution in [0.4, 0.5) is 5.69 Å². The number of alkyl halides is 2. The monoisotopic (exact) mass is 605 g/mol. The molecule has 2 fully saturated rings. The normalized spacial score (nSPS) is 23.7. The summed E-state index contributed by atoms with van der Waals surface area (Å²) in [7, 11) is 0. The van der Waals surface area contributed by atoms with Crippen molar-refractivity contribution < 1.29 is 24.1 Å². The highest BCUT2D eigenvalue weighted by molar-refractivity contribution is 9.12. The molecule has 0 bridgehead atoms. The molecule has 0 unspecified atom stereocenters. The molecular formula is C24H21Br2N3O6. The predicted molar refractivity (Wildman–Crippen MR) is 133 cm³/mol. The molecule has 1 aliphatic carbocycles. The second kappa shape index (κ2) is 9.98. The van der Waals surface area contributed by atoms with Crippen molar-refractivity contribution in [1.29, 1.82) is 0 Å². The van der Waals surface area contributed by atoms with Gasteiger partial charge >= 0.3 is 0 Å². The lowest BCUT2D eigenvalue weighted by Crippen LogP contribution is -2.52. The number of ketones is 1. The van der Waals surface area contributed by atoms with Gasteiger partial charge in [0.05, 0.1) is 16.8 Å². The lowest BCUT2D eigenvalue weighted by molar-refractivity contribution is -0.384. The van der Waals surface area contributed by atoms with Gasteiger partial charge < -0.3 is 0 Å². The van der Waals surface area contributed by atoms with E-state index in [1.807, 2.05) is 6.92 Å². The Balaban J connectivity index is 1.69. The highest BCUT2D eigenvalue weighted by Crippen LogP contribution is 2.43. The summed E-state index contributed by atoms with van der Waals surface area (Å²) in [6.07, 6.45) is 0.820. The van der Waals surface area contributed by atoms with Crippen molar-refractivity contribution in [3.8, 4) is 0 Å². The number of carbonyl (C=O) groups excluding carboxylic acids is 4. The summed E-state index contributed by atoms with van der Waals surface area (Å²) >= 11 is 7.07. The summed E-state index contributed by atoms with van der Waals surface area (Å²) in [5.74, 6) is -3.50. The molecule has 1 saturated heterocycles. The van der Waals surface area contributed by atoms with Crippen molar-refractivity contribution >= 4 is 61.1 Å². The molecule has 1 saturated carbocycles. The molecule has 2 aromatic rings. The van der Waals surface area contributed by atoms with E-state index in [1.165, 1.54) is 12.1 Å². The first-order valence-corrected chi connectivity index (χ1v) is 12.7. The van der Waals surface area contributed by atoms with Gasteiger partial charge in [-0.15, -0.1) is 0 Å². The van der Waals surface area contributed by atoms with Crippen molar-refractivity contribution in [1.82, 2.24) is 10.0 Å². The number of hydrogen-bond donors (Lipinski definition) is 0. The number of Topliss-reactive ketones (excluding diaryl/α,β-unsaturated/α-hetero) is 1. The van der Waals surface area contributed by atoms with Gasteiger partial charge in [0.15, 0.2) is 5.78 Å². The topological polar surface area (TPSA) is 118 Å². The fraction of sp³-hybridized carbons (Fsp3) is 0.333. The molecule has 0 radical (unpaired) electrons. The molecular weight excluding hydrogens is 586 g/mol. The number of nitro benzene ring substituents is 1. The minimum atomic E-state index is -0.772. The number of benzene rings is 2. The average molecular weight is 607 g/mol. The molecule has 0 aromatic heterocycles. The van der Waals surface area contributed by atoms with E-state index in [4.69, 9.17) is 0 Å². The third-order valence-corrected chi connectivity index (χ3v) is 9.09. The van der Waals surface area contributed by atoms with Crippen molar-refractivity contribution in [2.24, 2.45) is 11.8 Å². The second-order valence-electron chi connectivity index (χ2n) is 8.66. The van der Waals surface area contributed by atoms with E-state index in [9.17, 15) is 29.3 Å². The summed E-state index contributed by atoms with van der Waals surface area (Å²) in [5, 5.41) is 12.7. The van der Waals surface area contributed by atoms with Gasteiger partial charge in [-0.3, -0.25) is 29.3 Å². The van der Waals surface area contributed by atoms with Crippen molar-refractivity contribution in [2.45, 2.75) is 29.4 Å². The van der Waals surface area contributed by atoms with Gasteiger partial charge in [0.1, 0.15) is 6.54 Å². The number of hydrazine groups is 1. The van der Waals surface area contributed by atoms with E-state index < -0.39 is 46.8 Å². The Morgan fingerprint density at radius 3 is 1.91 bits per heavy atom. The molecule has 0 spiro atoms. The molecule has 4 atom stereocenters. The van der Waals surface area contributed by atoms with E-state index in [0.29, 0.717) is 18.4 Å². The molecule has 182 valence electrons. The fourth-order valence-corrected chi connectivity index (χ4v) is 5.63. The number of aryl methyl sites for hydroxylation is 1. The first-order chi connectivity index (χ1) is 16.6. The fourth-order valence-electron chi connectivity index (χ4n) is 4.39. The number of hydrogen-bond acceptors (Lipinski definition) is 6. The summed E-state index contributed by atoms with van der Waals surface area (Å²) < 4.78 is 0. The Labute approximate surface area is 217 Å². The van der Waals surface area contributed by atoms with Crippen LogP contribution in [0.5, 0.6) is 0 Å². The van der Waals surface area contributed by atoms with Crippen LogP contribution in [-0.4, -0.2) is 54.6 Å². The second-order valence-corrected chi connectivity index (χ2v) is 11.0. The van der Waals surface area contributed by atoms with Crippen LogP contribution >= 0.6 is 31.9 Å². The van der Waals surface area contributed by atoms with Gasteiger partial charge in [-0.1, -0.05) is 61.7 Å². The van der Waals surface area contributed by atoms with E-state index in [2.05, 4.69) is 31.9 Å². The first kappa shape index (κ1) is 25.2. The molecule has 9 nitrogen and oxygen atoms in total. The molecule has 2 aliphatic rings. The third kappa shape index (κ3) is 4.92. The molecule has 2 aromatic carbocycles. The SMILES string of the molecule is Cc1ccc(C(=O)CN(C(=O)c2ccc([N+](=O)[O-])cc2)N2C(=O)[C@H]3C[C@@H](Br)[C@@H](Br)C[C@H]3C2=O)cc1. The lowest BCUT2D eigenvalue weighted by Gasteiger charge is -2.30. The van der Waals surface area contributed by atoms with Crippen LogP contribution in [0.3, 0.4) is 0 Å². The van der Waals surface area contributed by atoms with Crippen LogP contribution in [-0.2, 0) is 9.59 Å². The zero-order chi connectivity index (χ0) is 25.4. The molecule has 35 heavy (non-hydrogen) atoms. The minimum absolute atomic E-state index is 0.0134. The van der Waals surface area contributed by atoms with Crippen LogP contribution in [0.15, 0.2) is 48.5 Å². The summed E-state index contributed by atoms with van der Waals surface area (Å²) in [5.41, 5.74) is 1.08. The molecule has 3 amide bonds. The standard InChI is InChI=1S/C24H21Br2N3O6/c1-13-2-4-14(5-3-13)21(30)12-27(22(31)15-6-8-16(9-7-15)29(34)35)28-23(32)17-10-19(25)20(26)11-18(17)24(28)33/h2-9,17-20H,10-12H2,1H3/t17-,18+,19+,20-. The number of fused-ring (bicyclic) bond motifs is 1. The van der Waals surface area contributed by atoms with Crippen LogP contribution in [0.2, 0.25) is 0 Å². The number of nitrogens with zero attached hydrogens (tertiary/aromatic N) is 3. The summed E-state index contributed by atoms with van der Waals surface area (Å²) in [6.45, 7) is 1.33. The molecule has 4 rings (SSSR count). The van der Waals surface area contributed by atoms with Crippen LogP contribution in [0.1, 0.15) is 39.1 Å². The van der Waals surface area contributed by atoms with Gasteiger partial charge in [-0.25, -0.2) is 5.01 Å². The quantitative estimate of drug-likeness (QED) is 0.161. The highest BCUT2D eigenvalue weighted by atomic mass is 79.9. The number of carbonyl (C=O) groups is 4. The minimum Gasteiger partial charge on any atom is -0.292 e. The third-order valence-electron chi connectivity index (χ3n) is 6.36. The maximum atomic E-state index is 13.5. The van der Waals surface area contributed by atoms with Crippen molar-refractivity contribution in [3.05, 3.63) is 75.3 Å². The van der Waals surface area contributed by atoms with Crippen LogP contribution in [0.25, 0.3) is 0 Å². The van der Waals surface area contributed by atoms with Crippen LogP contribution < -0.4 is 0 Å². The Kier molecular flexibility index (Phi) is 7.18. The van der Waals surface area contributed by atoms with Gasteiger partial charge in [0.2, 0.25) is 0 Å². The lowest BCUT2D eigenvalue weighted by atomic mass is 9.81. The smallest absolute Gasteiger partial charge is 0.273 e. The van der Waals surface area contributed by atoms with E-state index in [-0.39, 0.29) is 20.9 Å². The van der Waals surface area contributed by atoms with Gasteiger partial charge in [0.25, 0.3) is 23.4 Å². The predicted octanol–water partition coefficient (Wildman–Crippen LogP) is 4.07. The summed E-state index contributed by atoms with van der Waals surface area (Å²) in [6, 6.07) is 11.5. The first-order valence-electron chi connectivity index (χ1n) is 10.9. The zero-order valence-electron chi connectivity index (χ0n) is 18.6. The molecule has 0 N–H and O–H groups in total. The van der Waals surface area contributed by atoms with Gasteiger partial charge in [-0.2, -0.15) is 5.01 Å². The number of halogens is 2. The number of imide groups is 1. The largest absolute Gasteiger partial charge is 0.292 e. The molecule has 11 heteroatoms. The van der Waals surface area contributed by atoms with E-state index in [1.54, 1.807) is 24.3 Å². The van der Waals surface area contributed by atoms with Gasteiger partial charge in [0, 0.05) is 32.9 Å². The Morgan fingerprint density at radius 2 is 1.43 bits per heavy atom. The Bertz CT molecular complexity index is 1170. The Hall–Kier alpha value is -2.92. The molecule has 1 heterocycles. The highest BCUT2D eigenvalue weighted by Gasteiger charge is 2.54. The average Bonchev–Trinajstić information content (AvgIpc) is 3.06. The number of non-ortho nitro benzene ring substituents is 1. The van der Waals surface area contributed by atoms with Gasteiger partial charge in [-0.05, 0) is 31.9 Å². The maximum Gasteiger partial charge on any atom is 0.273 e. The summed E-state index contributed by atoms with van der Waals surface area (Å²) in [4.78, 5) is 63.7. The van der Waals surface area contributed by atoms with Crippen LogP contribution in [0, 0.1) is 28.9 Å².